The number of aromatic hydroxyl groups is 1. The lowest BCUT2D eigenvalue weighted by Crippen LogP contribution is -2.14. The number of hydrogen-bond acceptors (Lipinski definition) is 3. The monoisotopic (exact) mass is 270 g/mol. The summed E-state index contributed by atoms with van der Waals surface area (Å²) >= 11 is 0. The molecule has 2 aromatic rings. The number of carbonyl (C=O) groups is 1. The highest BCUT2D eigenvalue weighted by molar-refractivity contribution is 6.08. The first-order valence-corrected chi connectivity index (χ1v) is 6.50. The van der Waals surface area contributed by atoms with E-state index in [0.717, 1.165) is 17.5 Å². The average molecular weight is 270 g/mol. The molecule has 0 unspecified atom stereocenters. The Balaban J connectivity index is 2.30. The third-order valence-corrected chi connectivity index (χ3v) is 3.17. The molecule has 0 saturated heterocycles. The summed E-state index contributed by atoms with van der Waals surface area (Å²) in [6.07, 6.45) is 0.829. The summed E-state index contributed by atoms with van der Waals surface area (Å²) in [6, 6.07) is 10.4. The van der Waals surface area contributed by atoms with Crippen LogP contribution in [0, 0.1) is 6.92 Å². The van der Waals surface area contributed by atoms with Crippen LogP contribution in [-0.2, 0) is 6.42 Å². The van der Waals surface area contributed by atoms with Gasteiger partial charge in [-0.2, -0.15) is 0 Å². The van der Waals surface area contributed by atoms with Crippen LogP contribution in [-0.4, -0.2) is 11.0 Å². The minimum atomic E-state index is -0.324. The summed E-state index contributed by atoms with van der Waals surface area (Å²) in [5, 5.41) is 12.5. The fourth-order valence-electron chi connectivity index (χ4n) is 1.96. The van der Waals surface area contributed by atoms with Gasteiger partial charge in [0.25, 0.3) is 5.91 Å². The van der Waals surface area contributed by atoms with Crippen LogP contribution in [0.2, 0.25) is 0 Å². The standard InChI is InChI=1S/C16H18N2O2/c1-3-11-5-7-15(19)14(9-11)18-16(20)12-8-10(2)4-6-13(12)17/h4-9,19H,3,17H2,1-2H3,(H,18,20). The second-order valence-corrected chi connectivity index (χ2v) is 4.75. The summed E-state index contributed by atoms with van der Waals surface area (Å²) < 4.78 is 0. The predicted molar refractivity (Wildman–Crippen MR) is 81.0 cm³/mol. The van der Waals surface area contributed by atoms with Gasteiger partial charge in [-0.15, -0.1) is 0 Å². The van der Waals surface area contributed by atoms with Gasteiger partial charge in [0.1, 0.15) is 5.75 Å². The quantitative estimate of drug-likeness (QED) is 0.592. The Morgan fingerprint density at radius 3 is 2.70 bits per heavy atom. The van der Waals surface area contributed by atoms with E-state index in [1.165, 1.54) is 0 Å². The topological polar surface area (TPSA) is 75.3 Å². The average Bonchev–Trinajstić information content (AvgIpc) is 2.43. The number of phenolic OH excluding ortho intramolecular Hbond substituents is 1. The van der Waals surface area contributed by atoms with Crippen LogP contribution in [0.1, 0.15) is 28.4 Å². The van der Waals surface area contributed by atoms with Gasteiger partial charge in [0, 0.05) is 5.69 Å². The summed E-state index contributed by atoms with van der Waals surface area (Å²) in [7, 11) is 0. The molecule has 2 rings (SSSR count). The minimum Gasteiger partial charge on any atom is -0.506 e. The van der Waals surface area contributed by atoms with Crippen molar-refractivity contribution in [1.29, 1.82) is 0 Å². The molecule has 1 amide bonds. The van der Waals surface area contributed by atoms with Crippen LogP contribution in [0.4, 0.5) is 11.4 Å². The highest BCUT2D eigenvalue weighted by atomic mass is 16.3. The zero-order chi connectivity index (χ0) is 14.7. The van der Waals surface area contributed by atoms with Gasteiger partial charge >= 0.3 is 0 Å². The van der Waals surface area contributed by atoms with Crippen molar-refractivity contribution in [2.75, 3.05) is 11.1 Å². The fourth-order valence-corrected chi connectivity index (χ4v) is 1.96. The van der Waals surface area contributed by atoms with E-state index < -0.39 is 0 Å². The van der Waals surface area contributed by atoms with Crippen molar-refractivity contribution in [1.82, 2.24) is 0 Å². The lowest BCUT2D eigenvalue weighted by molar-refractivity contribution is 0.102. The van der Waals surface area contributed by atoms with Gasteiger partial charge in [0.15, 0.2) is 0 Å². The molecule has 4 nitrogen and oxygen atoms in total. The Bertz CT molecular complexity index is 651. The van der Waals surface area contributed by atoms with Crippen LogP contribution in [0.3, 0.4) is 0 Å². The molecular formula is C16H18N2O2. The molecule has 0 aliphatic heterocycles. The second-order valence-electron chi connectivity index (χ2n) is 4.75. The lowest BCUT2D eigenvalue weighted by atomic mass is 10.1. The van der Waals surface area contributed by atoms with E-state index in [9.17, 15) is 9.90 Å². The number of anilines is 2. The Labute approximate surface area is 118 Å². The largest absolute Gasteiger partial charge is 0.506 e. The molecule has 4 heteroatoms. The van der Waals surface area contributed by atoms with Gasteiger partial charge in [-0.25, -0.2) is 0 Å². The van der Waals surface area contributed by atoms with Crippen molar-refractivity contribution >= 4 is 17.3 Å². The van der Waals surface area contributed by atoms with Crippen LogP contribution in [0.15, 0.2) is 36.4 Å². The first-order chi connectivity index (χ1) is 9.51. The molecule has 4 N–H and O–H groups in total. The van der Waals surface area contributed by atoms with E-state index in [2.05, 4.69) is 5.32 Å². The Morgan fingerprint density at radius 1 is 1.25 bits per heavy atom. The van der Waals surface area contributed by atoms with E-state index in [0.29, 0.717) is 16.9 Å². The first-order valence-electron chi connectivity index (χ1n) is 6.50. The number of nitrogens with two attached hydrogens (primary N) is 1. The molecule has 0 atom stereocenters. The van der Waals surface area contributed by atoms with Gasteiger partial charge in [-0.1, -0.05) is 24.6 Å². The predicted octanol–water partition coefficient (Wildman–Crippen LogP) is 3.10. The first kappa shape index (κ1) is 13.9. The highest BCUT2D eigenvalue weighted by Gasteiger charge is 2.12. The highest BCUT2D eigenvalue weighted by Crippen LogP contribution is 2.26. The number of hydrogen-bond donors (Lipinski definition) is 3. The third kappa shape index (κ3) is 2.91. The van der Waals surface area contributed by atoms with Crippen molar-refractivity contribution in [3.05, 3.63) is 53.1 Å². The number of nitrogen functional groups attached to an aromatic ring is 1. The maximum atomic E-state index is 12.2. The summed E-state index contributed by atoms with van der Waals surface area (Å²) in [4.78, 5) is 12.2. The van der Waals surface area contributed by atoms with Gasteiger partial charge in [-0.05, 0) is 43.2 Å². The molecule has 0 heterocycles. The van der Waals surface area contributed by atoms with Gasteiger partial charge in [0.05, 0.1) is 11.3 Å². The maximum absolute atomic E-state index is 12.2. The normalized spacial score (nSPS) is 10.3. The lowest BCUT2D eigenvalue weighted by Gasteiger charge is -2.11. The smallest absolute Gasteiger partial charge is 0.257 e. The number of benzene rings is 2. The second kappa shape index (κ2) is 5.65. The molecule has 0 spiro atoms. The molecule has 2 aromatic carbocycles. The Morgan fingerprint density at radius 2 is 2.00 bits per heavy atom. The van der Waals surface area contributed by atoms with Crippen molar-refractivity contribution in [2.45, 2.75) is 20.3 Å². The van der Waals surface area contributed by atoms with E-state index >= 15 is 0 Å². The molecule has 0 saturated carbocycles. The molecule has 0 aromatic heterocycles. The van der Waals surface area contributed by atoms with Crippen molar-refractivity contribution < 1.29 is 9.90 Å². The number of rotatable bonds is 3. The maximum Gasteiger partial charge on any atom is 0.257 e. The molecule has 0 radical (unpaired) electrons. The van der Waals surface area contributed by atoms with Crippen molar-refractivity contribution in [3.63, 3.8) is 0 Å². The number of phenols is 1. The molecule has 0 aliphatic rings. The number of amides is 1. The van der Waals surface area contributed by atoms with Crippen LogP contribution >= 0.6 is 0 Å². The van der Waals surface area contributed by atoms with E-state index in [-0.39, 0.29) is 11.7 Å². The van der Waals surface area contributed by atoms with E-state index in [1.54, 1.807) is 24.3 Å². The summed E-state index contributed by atoms with van der Waals surface area (Å²) in [6.45, 7) is 3.90. The SMILES string of the molecule is CCc1ccc(O)c(NC(=O)c2cc(C)ccc2N)c1. The van der Waals surface area contributed by atoms with Gasteiger partial charge < -0.3 is 16.2 Å². The van der Waals surface area contributed by atoms with Crippen LogP contribution in [0.5, 0.6) is 5.75 Å². The number of carbonyl (C=O) groups excluding carboxylic acids is 1. The van der Waals surface area contributed by atoms with Gasteiger partial charge in [-0.3, -0.25) is 4.79 Å². The Hall–Kier alpha value is -2.49. The third-order valence-electron chi connectivity index (χ3n) is 3.17. The van der Waals surface area contributed by atoms with Crippen molar-refractivity contribution in [2.24, 2.45) is 0 Å². The van der Waals surface area contributed by atoms with Gasteiger partial charge in [0.2, 0.25) is 0 Å². The zero-order valence-electron chi connectivity index (χ0n) is 11.6. The fraction of sp³-hybridized carbons (Fsp3) is 0.188. The molecule has 0 aliphatic carbocycles. The molecule has 20 heavy (non-hydrogen) atoms. The number of nitrogens with one attached hydrogen (secondary N) is 1. The van der Waals surface area contributed by atoms with Crippen LogP contribution in [0.25, 0.3) is 0 Å². The molecule has 104 valence electrons. The Kier molecular flexibility index (Phi) is 3.94. The molecule has 0 fully saturated rings. The molecular weight excluding hydrogens is 252 g/mol. The summed E-state index contributed by atoms with van der Waals surface area (Å²) in [5.41, 5.74) is 9.03. The zero-order valence-corrected chi connectivity index (χ0v) is 11.6. The number of aryl methyl sites for hydroxylation is 2. The van der Waals surface area contributed by atoms with E-state index in [1.807, 2.05) is 26.0 Å². The van der Waals surface area contributed by atoms with Crippen molar-refractivity contribution in [3.8, 4) is 5.75 Å². The van der Waals surface area contributed by atoms with Crippen LogP contribution < -0.4 is 11.1 Å². The molecule has 0 bridgehead atoms. The summed E-state index contributed by atoms with van der Waals surface area (Å²) in [5.74, 6) is -0.281. The minimum absolute atomic E-state index is 0.0433. The van der Waals surface area contributed by atoms with E-state index in [4.69, 9.17) is 5.73 Å².